The summed E-state index contributed by atoms with van der Waals surface area (Å²) < 4.78 is 41.3. The molecule has 2 heterocycles. The number of anilines is 3. The Morgan fingerprint density at radius 2 is 1.39 bits per heavy atom. The molecule has 3 unspecified atom stereocenters. The van der Waals surface area contributed by atoms with Gasteiger partial charge in [0.15, 0.2) is 12.0 Å². The summed E-state index contributed by atoms with van der Waals surface area (Å²) in [4.78, 5) is 58.6. The molecule has 3 aromatic rings. The molecule has 3 atom stereocenters. The van der Waals surface area contributed by atoms with E-state index in [0.717, 1.165) is 36.1 Å². The van der Waals surface area contributed by atoms with Crippen molar-refractivity contribution >= 4 is 62.2 Å². The maximum Gasteiger partial charge on any atom is 0.262 e. The van der Waals surface area contributed by atoms with Gasteiger partial charge in [-0.25, -0.2) is 8.42 Å². The molecule has 0 spiro atoms. The Labute approximate surface area is 367 Å². The predicted molar refractivity (Wildman–Crippen MR) is 240 cm³/mol. The molecule has 0 aliphatic carbocycles. The van der Waals surface area contributed by atoms with Gasteiger partial charge in [-0.05, 0) is 54.8 Å². The Balaban J connectivity index is 1.27. The van der Waals surface area contributed by atoms with Gasteiger partial charge in [-0.3, -0.25) is 23.9 Å². The van der Waals surface area contributed by atoms with Gasteiger partial charge in [-0.2, -0.15) is 0 Å². The van der Waals surface area contributed by atoms with E-state index in [1.54, 1.807) is 30.3 Å². The molecule has 2 N–H and O–H groups in total. The van der Waals surface area contributed by atoms with Gasteiger partial charge in [-0.15, -0.1) is 0 Å². The zero-order valence-electron chi connectivity index (χ0n) is 36.0. The number of amides is 3. The lowest BCUT2D eigenvalue weighted by atomic mass is 9.87. The van der Waals surface area contributed by atoms with Crippen molar-refractivity contribution < 1.29 is 37.1 Å². The molecule has 5 rings (SSSR count). The zero-order valence-corrected chi connectivity index (χ0v) is 37.5. The van der Waals surface area contributed by atoms with E-state index in [1.807, 2.05) is 12.1 Å². The standard InChI is InChI=1S/C47H63ClN4O8S/c1-4-5-6-7-8-9-10-11-12-13-14-15-16-17-18-23-32-60-40-29-28-35(61(57,58)50-37-26-21-20-25-36(37)48)33-38(40)49-44(54)42(41-43(53)47(59-3)51(2)45(41)55)46(56)52-31-30-34-24-19-22-27-39(34)52/h19-22,24-29,33,41-42,47,50H,4-18,23,30-32H2,1-3H3,(H,49,54). The number of hydrogen-bond acceptors (Lipinski definition) is 8. The number of likely N-dealkylation sites (tertiary alicyclic amines) is 1. The van der Waals surface area contributed by atoms with Crippen LogP contribution in [0.5, 0.6) is 5.75 Å². The number of nitrogens with one attached hydrogen (secondary N) is 2. The topological polar surface area (TPSA) is 151 Å². The summed E-state index contributed by atoms with van der Waals surface area (Å²) in [7, 11) is -1.60. The van der Waals surface area contributed by atoms with Crippen LogP contribution in [0.2, 0.25) is 5.02 Å². The fraction of sp³-hybridized carbons (Fsp3) is 0.532. The van der Waals surface area contributed by atoms with E-state index in [9.17, 15) is 27.6 Å². The van der Waals surface area contributed by atoms with Crippen LogP contribution in [0.1, 0.15) is 115 Å². The summed E-state index contributed by atoms with van der Waals surface area (Å²) in [5.41, 5.74) is 1.59. The van der Waals surface area contributed by atoms with Gasteiger partial charge in [0, 0.05) is 26.4 Å². The van der Waals surface area contributed by atoms with E-state index in [1.165, 1.54) is 120 Å². The number of carbonyl (C=O) groups excluding carboxylic acids is 4. The summed E-state index contributed by atoms with van der Waals surface area (Å²) in [5.74, 6) is -6.48. The lowest BCUT2D eigenvalue weighted by Crippen LogP contribution is -2.48. The van der Waals surface area contributed by atoms with E-state index in [2.05, 4.69) is 17.0 Å². The first-order chi connectivity index (χ1) is 29.5. The third-order valence-electron chi connectivity index (χ3n) is 11.7. The number of Topliss-reactive ketones (excluding diaryl/α,β-unsaturated/α-hetero) is 1. The molecule has 3 aromatic carbocycles. The number of sulfonamides is 1. The van der Waals surface area contributed by atoms with Crippen molar-refractivity contribution in [3.8, 4) is 5.75 Å². The summed E-state index contributed by atoms with van der Waals surface area (Å²) >= 11 is 6.26. The largest absolute Gasteiger partial charge is 0.491 e. The van der Waals surface area contributed by atoms with Crippen LogP contribution in [0.3, 0.4) is 0 Å². The van der Waals surface area contributed by atoms with Gasteiger partial charge >= 0.3 is 0 Å². The summed E-state index contributed by atoms with van der Waals surface area (Å²) in [6.07, 6.45) is 18.9. The molecule has 3 amide bonds. The Hall–Kier alpha value is -4.46. The first kappa shape index (κ1) is 47.6. The highest BCUT2D eigenvalue weighted by molar-refractivity contribution is 7.92. The average Bonchev–Trinajstić information content (AvgIpc) is 3.77. The van der Waals surface area contributed by atoms with Crippen LogP contribution in [-0.4, -0.2) is 70.4 Å². The third kappa shape index (κ3) is 12.8. The number of carbonyl (C=O) groups is 4. The number of benzene rings is 3. The number of hydrogen-bond donors (Lipinski definition) is 2. The number of ether oxygens (including phenoxy) is 2. The molecular weight excluding hydrogens is 816 g/mol. The van der Waals surface area contributed by atoms with Crippen LogP contribution in [-0.2, 0) is 40.4 Å². The number of ketones is 1. The van der Waals surface area contributed by atoms with Crippen LogP contribution in [0.25, 0.3) is 0 Å². The van der Waals surface area contributed by atoms with Crippen LogP contribution >= 0.6 is 11.6 Å². The van der Waals surface area contributed by atoms with E-state index in [-0.39, 0.29) is 40.2 Å². The number of rotatable bonds is 26. The van der Waals surface area contributed by atoms with Crippen molar-refractivity contribution in [2.24, 2.45) is 11.8 Å². The Morgan fingerprint density at radius 3 is 2.00 bits per heavy atom. The Kier molecular flexibility index (Phi) is 18.5. The molecule has 332 valence electrons. The van der Waals surface area contributed by atoms with Crippen molar-refractivity contribution in [3.05, 3.63) is 77.3 Å². The number of halogens is 1. The molecule has 61 heavy (non-hydrogen) atoms. The first-order valence-corrected chi connectivity index (χ1v) is 23.9. The maximum atomic E-state index is 14.5. The molecular formula is C47H63ClN4O8S. The van der Waals surface area contributed by atoms with Crippen molar-refractivity contribution in [2.75, 3.05) is 42.2 Å². The molecule has 1 saturated heterocycles. The van der Waals surface area contributed by atoms with Gasteiger partial charge < -0.3 is 24.6 Å². The van der Waals surface area contributed by atoms with Crippen molar-refractivity contribution in [2.45, 2.75) is 127 Å². The highest BCUT2D eigenvalue weighted by Crippen LogP contribution is 2.36. The zero-order chi connectivity index (χ0) is 43.8. The van der Waals surface area contributed by atoms with Crippen molar-refractivity contribution in [3.63, 3.8) is 0 Å². The number of fused-ring (bicyclic) bond motifs is 1. The molecule has 0 bridgehead atoms. The van der Waals surface area contributed by atoms with Gasteiger partial charge in [0.1, 0.15) is 17.6 Å². The van der Waals surface area contributed by atoms with Gasteiger partial charge in [0.25, 0.3) is 10.0 Å². The second-order valence-electron chi connectivity index (χ2n) is 16.1. The Bertz CT molecular complexity index is 2060. The van der Waals surface area contributed by atoms with Gasteiger partial charge in [0.2, 0.25) is 17.7 Å². The van der Waals surface area contributed by atoms with E-state index in [0.29, 0.717) is 12.1 Å². The minimum Gasteiger partial charge on any atom is -0.491 e. The average molecular weight is 880 g/mol. The third-order valence-corrected chi connectivity index (χ3v) is 13.4. The molecule has 0 aromatic heterocycles. The quantitative estimate of drug-likeness (QED) is 0.0598. The molecule has 2 aliphatic rings. The number of likely N-dealkylation sites (N-methyl/N-ethyl adjacent to an activating group) is 1. The molecule has 12 nitrogen and oxygen atoms in total. The molecule has 1 fully saturated rings. The highest BCUT2D eigenvalue weighted by Gasteiger charge is 2.55. The summed E-state index contributed by atoms with van der Waals surface area (Å²) in [5, 5.41) is 2.89. The molecule has 14 heteroatoms. The second-order valence-corrected chi connectivity index (χ2v) is 18.2. The van der Waals surface area contributed by atoms with Crippen molar-refractivity contribution in [1.82, 2.24) is 4.90 Å². The fourth-order valence-electron chi connectivity index (χ4n) is 8.21. The summed E-state index contributed by atoms with van der Waals surface area (Å²) in [6, 6.07) is 17.7. The fourth-order valence-corrected chi connectivity index (χ4v) is 9.56. The van der Waals surface area contributed by atoms with Crippen LogP contribution < -0.4 is 19.7 Å². The van der Waals surface area contributed by atoms with Crippen molar-refractivity contribution in [1.29, 1.82) is 0 Å². The highest BCUT2D eigenvalue weighted by atomic mass is 35.5. The normalized spacial score (nSPS) is 16.8. The first-order valence-electron chi connectivity index (χ1n) is 22.1. The minimum absolute atomic E-state index is 0.0438. The van der Waals surface area contributed by atoms with E-state index >= 15 is 0 Å². The van der Waals surface area contributed by atoms with Gasteiger partial charge in [0.05, 0.1) is 27.9 Å². The monoisotopic (exact) mass is 878 g/mol. The lowest BCUT2D eigenvalue weighted by molar-refractivity contribution is -0.143. The van der Waals surface area contributed by atoms with E-state index < -0.39 is 51.6 Å². The number of nitrogens with zero attached hydrogens (tertiary/aromatic N) is 2. The second kappa shape index (κ2) is 23.7. The van der Waals surface area contributed by atoms with Crippen LogP contribution in [0, 0.1) is 11.8 Å². The predicted octanol–water partition coefficient (Wildman–Crippen LogP) is 9.55. The number of unbranched alkanes of at least 4 members (excludes halogenated alkanes) is 15. The smallest absolute Gasteiger partial charge is 0.262 e. The minimum atomic E-state index is -4.25. The number of para-hydroxylation sites is 2. The van der Waals surface area contributed by atoms with E-state index in [4.69, 9.17) is 21.1 Å². The molecule has 0 saturated carbocycles. The lowest BCUT2D eigenvalue weighted by Gasteiger charge is -2.26. The SMILES string of the molecule is CCCCCCCCCCCCCCCCCCOc1ccc(S(=O)(=O)Nc2ccccc2Cl)cc1NC(=O)C(C(=O)N1CCc2ccccc21)C1C(=O)C(OC)N(C)C1=O. The molecule has 2 aliphatic heterocycles. The summed E-state index contributed by atoms with van der Waals surface area (Å²) in [6.45, 7) is 2.79. The molecule has 0 radical (unpaired) electrons. The van der Waals surface area contributed by atoms with Crippen LogP contribution in [0.15, 0.2) is 71.6 Å². The maximum absolute atomic E-state index is 14.5. The Morgan fingerprint density at radius 1 is 0.803 bits per heavy atom. The van der Waals surface area contributed by atoms with Gasteiger partial charge in [-0.1, -0.05) is 145 Å². The van der Waals surface area contributed by atoms with Crippen LogP contribution in [0.4, 0.5) is 17.1 Å². The number of methoxy groups -OCH3 is 1.